The number of amides is 2. The number of ether oxygens (including phenoxy) is 2. The maximum Gasteiger partial charge on any atom is 0.411 e. The van der Waals surface area contributed by atoms with Gasteiger partial charge in [-0.3, -0.25) is 4.79 Å². The molecule has 2 aliphatic rings. The lowest BCUT2D eigenvalue weighted by Gasteiger charge is -2.26. The summed E-state index contributed by atoms with van der Waals surface area (Å²) in [6.45, 7) is 1.95. The van der Waals surface area contributed by atoms with Crippen molar-refractivity contribution in [3.63, 3.8) is 0 Å². The van der Waals surface area contributed by atoms with E-state index in [0.717, 1.165) is 36.8 Å². The fraction of sp³-hybridized carbons (Fsp3) is 0.435. The van der Waals surface area contributed by atoms with Crippen LogP contribution in [-0.4, -0.2) is 31.0 Å². The Balaban J connectivity index is 1.53. The molecule has 2 fully saturated rings. The summed E-state index contributed by atoms with van der Waals surface area (Å²) in [5, 5.41) is -0.469. The number of hydrogen-bond acceptors (Lipinski definition) is 7. The van der Waals surface area contributed by atoms with Gasteiger partial charge in [0, 0.05) is 18.9 Å². The molecule has 1 aromatic heterocycles. The second-order valence-corrected chi connectivity index (χ2v) is 10.3. The Morgan fingerprint density at radius 3 is 2.52 bits per heavy atom. The zero-order chi connectivity index (χ0) is 23.6. The minimum atomic E-state index is -4.31. The molecule has 0 bridgehead atoms. The van der Waals surface area contributed by atoms with E-state index >= 15 is 0 Å². The van der Waals surface area contributed by atoms with Crippen LogP contribution in [0.25, 0.3) is 0 Å². The third-order valence-electron chi connectivity index (χ3n) is 6.04. The summed E-state index contributed by atoms with van der Waals surface area (Å²) in [6, 6.07) is 9.80. The van der Waals surface area contributed by atoms with Crippen LogP contribution in [0, 0.1) is 6.92 Å². The van der Waals surface area contributed by atoms with Crippen LogP contribution in [0.4, 0.5) is 4.79 Å². The van der Waals surface area contributed by atoms with E-state index in [0.29, 0.717) is 24.5 Å². The summed E-state index contributed by atoms with van der Waals surface area (Å²) in [5.41, 5.74) is 5.77. The van der Waals surface area contributed by atoms with Crippen molar-refractivity contribution < 1.29 is 27.5 Å². The minimum absolute atomic E-state index is 0.285. The van der Waals surface area contributed by atoms with Gasteiger partial charge in [0.25, 0.3) is 15.9 Å². The van der Waals surface area contributed by atoms with Gasteiger partial charge in [-0.05, 0) is 48.9 Å². The summed E-state index contributed by atoms with van der Waals surface area (Å²) in [6.07, 6.45) is 5.38. The van der Waals surface area contributed by atoms with E-state index in [2.05, 4.69) is 20.5 Å². The summed E-state index contributed by atoms with van der Waals surface area (Å²) < 4.78 is 38.4. The molecule has 9 nitrogen and oxygen atoms in total. The predicted molar refractivity (Wildman–Crippen MR) is 119 cm³/mol. The van der Waals surface area contributed by atoms with Gasteiger partial charge in [-0.2, -0.15) is 13.4 Å². The minimum Gasteiger partial charge on any atom is -0.477 e. The molecule has 0 radical (unpaired) electrons. The maximum atomic E-state index is 13.0. The Morgan fingerprint density at radius 2 is 1.85 bits per heavy atom. The number of nitrogens with zero attached hydrogens (tertiary/aromatic N) is 1. The second kappa shape index (κ2) is 9.01. The first kappa shape index (κ1) is 23.0. The number of rotatable bonds is 7. The molecule has 1 aromatic carbocycles. The molecule has 0 saturated heterocycles. The lowest BCUT2D eigenvalue weighted by atomic mass is 9.83. The predicted octanol–water partition coefficient (Wildman–Crippen LogP) is 3.31. The fourth-order valence-corrected chi connectivity index (χ4v) is 5.16. The molecule has 10 heteroatoms. The van der Waals surface area contributed by atoms with E-state index in [9.17, 15) is 18.0 Å². The van der Waals surface area contributed by atoms with E-state index in [1.165, 1.54) is 24.6 Å². The molecular weight excluding hydrogens is 446 g/mol. The van der Waals surface area contributed by atoms with Gasteiger partial charge in [0.1, 0.15) is 5.75 Å². The zero-order valence-corrected chi connectivity index (χ0v) is 19.2. The smallest absolute Gasteiger partial charge is 0.411 e. The van der Waals surface area contributed by atoms with Gasteiger partial charge in [0.15, 0.2) is 10.6 Å². The molecule has 2 saturated carbocycles. The van der Waals surface area contributed by atoms with E-state index in [-0.39, 0.29) is 5.88 Å². The van der Waals surface area contributed by atoms with Gasteiger partial charge in [0.2, 0.25) is 5.88 Å². The number of carbonyl (C=O) groups excluding carboxylic acids is 2. The van der Waals surface area contributed by atoms with Crippen molar-refractivity contribution in [2.24, 2.45) is 5.73 Å². The Morgan fingerprint density at radius 1 is 1.12 bits per heavy atom. The van der Waals surface area contributed by atoms with Gasteiger partial charge >= 0.3 is 6.09 Å². The molecular formula is C23H27N3O6S. The van der Waals surface area contributed by atoms with E-state index < -0.39 is 32.7 Å². The first-order chi connectivity index (χ1) is 15.7. The highest BCUT2D eigenvalue weighted by molar-refractivity contribution is 7.90. The number of sulfonamides is 1. The average Bonchev–Trinajstić information content (AvgIpc) is 3.55. The molecule has 0 aliphatic heterocycles. The first-order valence-electron chi connectivity index (χ1n) is 11.0. The number of nitrogens with one attached hydrogen (secondary N) is 1. The van der Waals surface area contributed by atoms with Crippen molar-refractivity contribution in [2.45, 2.75) is 68.4 Å². The van der Waals surface area contributed by atoms with Crippen molar-refractivity contribution in [3.8, 4) is 11.6 Å². The van der Waals surface area contributed by atoms with Crippen molar-refractivity contribution in [1.82, 2.24) is 9.71 Å². The molecule has 1 heterocycles. The average molecular weight is 474 g/mol. The Kier molecular flexibility index (Phi) is 6.29. The van der Waals surface area contributed by atoms with Crippen molar-refractivity contribution in [2.75, 3.05) is 0 Å². The highest BCUT2D eigenvalue weighted by Gasteiger charge is 2.54. The van der Waals surface area contributed by atoms with Crippen LogP contribution in [0.1, 0.15) is 62.0 Å². The monoisotopic (exact) mass is 473 g/mol. The third-order valence-corrected chi connectivity index (χ3v) is 7.28. The number of aromatic nitrogens is 1. The second-order valence-electron chi connectivity index (χ2n) is 8.64. The number of carbonyl (C=O) groups is 2. The van der Waals surface area contributed by atoms with Crippen LogP contribution in [0.15, 0.2) is 41.4 Å². The number of primary amides is 1. The molecule has 2 aliphatic carbocycles. The fourth-order valence-electron chi connectivity index (χ4n) is 4.15. The molecule has 2 aromatic rings. The van der Waals surface area contributed by atoms with Crippen LogP contribution in [0.5, 0.6) is 11.6 Å². The lowest BCUT2D eigenvalue weighted by Crippen LogP contribution is -2.43. The molecule has 4 rings (SSSR count). The highest BCUT2D eigenvalue weighted by atomic mass is 32.2. The topological polar surface area (TPSA) is 138 Å². The van der Waals surface area contributed by atoms with Crippen LogP contribution in [-0.2, 0) is 14.8 Å². The van der Waals surface area contributed by atoms with Crippen molar-refractivity contribution >= 4 is 22.0 Å². The largest absolute Gasteiger partial charge is 0.477 e. The standard InChI is InChI=1S/C23H27N3O6S/c1-15-10-11-17(16-6-3-2-4-7-16)18(14-15)32-23(12-13-23)21(27)26-33(29,30)20-9-5-8-19(25-20)31-22(24)28/h5,8-11,14,16H,2-4,6-7,12-13H2,1H3,(H2,24,28)(H,26,27). The van der Waals surface area contributed by atoms with E-state index in [1.807, 2.05) is 19.1 Å². The quantitative estimate of drug-likeness (QED) is 0.629. The van der Waals surface area contributed by atoms with Gasteiger partial charge in [-0.15, -0.1) is 0 Å². The summed E-state index contributed by atoms with van der Waals surface area (Å²) in [5.74, 6) is -0.0233. The van der Waals surface area contributed by atoms with Crippen LogP contribution < -0.4 is 19.9 Å². The molecule has 33 heavy (non-hydrogen) atoms. The molecule has 0 unspecified atom stereocenters. The zero-order valence-electron chi connectivity index (χ0n) is 18.4. The number of pyridine rings is 1. The first-order valence-corrected chi connectivity index (χ1v) is 12.5. The van der Waals surface area contributed by atoms with E-state index in [1.54, 1.807) is 0 Å². The van der Waals surface area contributed by atoms with Crippen LogP contribution in [0.2, 0.25) is 0 Å². The summed E-state index contributed by atoms with van der Waals surface area (Å²) in [7, 11) is -4.31. The Bertz CT molecular complexity index is 1170. The molecule has 0 spiro atoms. The molecule has 2 amide bonds. The van der Waals surface area contributed by atoms with Crippen molar-refractivity contribution in [3.05, 3.63) is 47.5 Å². The van der Waals surface area contributed by atoms with Gasteiger partial charge in [0.05, 0.1) is 0 Å². The molecule has 3 N–H and O–H groups in total. The normalized spacial score (nSPS) is 17.7. The van der Waals surface area contributed by atoms with Gasteiger partial charge in [-0.25, -0.2) is 9.52 Å². The van der Waals surface area contributed by atoms with Gasteiger partial charge in [-0.1, -0.05) is 37.5 Å². The number of benzene rings is 1. The SMILES string of the molecule is Cc1ccc(C2CCCCC2)c(OC2(C(=O)NS(=O)(=O)c3cccc(OC(N)=O)n3)CC2)c1. The van der Waals surface area contributed by atoms with Crippen LogP contribution >= 0.6 is 0 Å². The highest BCUT2D eigenvalue weighted by Crippen LogP contribution is 2.45. The van der Waals surface area contributed by atoms with Crippen molar-refractivity contribution in [1.29, 1.82) is 0 Å². The summed E-state index contributed by atoms with van der Waals surface area (Å²) in [4.78, 5) is 27.7. The lowest BCUT2D eigenvalue weighted by molar-refractivity contribution is -0.128. The molecule has 176 valence electrons. The Hall–Kier alpha value is -3.14. The summed E-state index contributed by atoms with van der Waals surface area (Å²) >= 11 is 0. The van der Waals surface area contributed by atoms with E-state index in [4.69, 9.17) is 10.5 Å². The number of hydrogen-bond donors (Lipinski definition) is 2. The van der Waals surface area contributed by atoms with Crippen LogP contribution in [0.3, 0.4) is 0 Å². The number of nitrogens with two attached hydrogens (primary N) is 1. The molecule has 0 atom stereocenters. The third kappa shape index (κ3) is 5.27. The Labute approximate surface area is 192 Å². The van der Waals surface area contributed by atoms with Gasteiger partial charge < -0.3 is 15.2 Å². The maximum absolute atomic E-state index is 13.0. The number of aryl methyl sites for hydroxylation is 1.